The lowest BCUT2D eigenvalue weighted by Gasteiger charge is -2.05. The number of nitrogens with zero attached hydrogens (tertiary/aromatic N) is 1. The van der Waals surface area contributed by atoms with E-state index in [2.05, 4.69) is 4.72 Å². The Bertz CT molecular complexity index is 525. The summed E-state index contributed by atoms with van der Waals surface area (Å²) < 4.78 is 26.0. The van der Waals surface area contributed by atoms with E-state index in [1.165, 1.54) is 24.3 Å². The molecule has 0 fully saturated rings. The lowest BCUT2D eigenvalue weighted by molar-refractivity contribution is 0.582. The van der Waals surface area contributed by atoms with Crippen LogP contribution in [0.2, 0.25) is 0 Å². The van der Waals surface area contributed by atoms with Crippen molar-refractivity contribution in [3.05, 3.63) is 42.0 Å². The van der Waals surface area contributed by atoms with Crippen molar-refractivity contribution in [2.24, 2.45) is 0 Å². The van der Waals surface area contributed by atoms with Crippen molar-refractivity contribution < 1.29 is 8.42 Å². The van der Waals surface area contributed by atoms with Gasteiger partial charge in [0.15, 0.2) is 0 Å². The van der Waals surface area contributed by atoms with E-state index < -0.39 is 10.0 Å². The molecular formula is C12H14N2O2S. The monoisotopic (exact) mass is 250 g/mol. The molecule has 0 radical (unpaired) electrons. The second kappa shape index (κ2) is 6.18. The number of rotatable bonds is 5. The number of hydrogen-bond acceptors (Lipinski definition) is 3. The molecule has 0 aliphatic carbocycles. The second-order valence-corrected chi connectivity index (χ2v) is 5.16. The molecule has 0 aliphatic heterocycles. The topological polar surface area (TPSA) is 70.0 Å². The molecular weight excluding hydrogens is 236 g/mol. The van der Waals surface area contributed by atoms with Gasteiger partial charge in [0.25, 0.3) is 0 Å². The Hall–Kier alpha value is -1.64. The molecule has 0 atom stereocenters. The minimum Gasteiger partial charge on any atom is -0.211 e. The molecule has 1 N–H and O–H groups in total. The molecule has 0 saturated carbocycles. The fourth-order valence-corrected chi connectivity index (χ4v) is 2.28. The van der Waals surface area contributed by atoms with Crippen molar-refractivity contribution in [2.45, 2.75) is 18.2 Å². The summed E-state index contributed by atoms with van der Waals surface area (Å²) in [5.74, 6) is 0. The van der Waals surface area contributed by atoms with E-state index in [9.17, 15) is 8.42 Å². The first-order chi connectivity index (χ1) is 8.10. The highest BCUT2D eigenvalue weighted by Gasteiger charge is 2.12. The van der Waals surface area contributed by atoms with Crippen LogP contribution in [0.1, 0.15) is 18.9 Å². The summed E-state index contributed by atoms with van der Waals surface area (Å²) >= 11 is 0. The van der Waals surface area contributed by atoms with E-state index in [0.29, 0.717) is 18.5 Å². The first kappa shape index (κ1) is 13.4. The first-order valence-corrected chi connectivity index (χ1v) is 6.69. The zero-order valence-corrected chi connectivity index (χ0v) is 10.4. The van der Waals surface area contributed by atoms with E-state index in [-0.39, 0.29) is 4.90 Å². The molecule has 17 heavy (non-hydrogen) atoms. The van der Waals surface area contributed by atoms with Gasteiger partial charge in [-0.1, -0.05) is 12.2 Å². The van der Waals surface area contributed by atoms with Gasteiger partial charge in [0.05, 0.1) is 16.5 Å². The van der Waals surface area contributed by atoms with Gasteiger partial charge in [0.1, 0.15) is 0 Å². The predicted molar refractivity (Wildman–Crippen MR) is 65.8 cm³/mol. The summed E-state index contributed by atoms with van der Waals surface area (Å²) in [5, 5.41) is 8.61. The summed E-state index contributed by atoms with van der Waals surface area (Å²) in [7, 11) is -3.46. The molecule has 90 valence electrons. The third-order valence-electron chi connectivity index (χ3n) is 2.13. The molecule has 4 nitrogen and oxygen atoms in total. The van der Waals surface area contributed by atoms with Crippen LogP contribution in [0.15, 0.2) is 41.3 Å². The molecule has 1 aromatic carbocycles. The smallest absolute Gasteiger partial charge is 0.211 e. The maximum atomic E-state index is 11.8. The number of nitrogens with one attached hydrogen (secondary N) is 1. The lowest BCUT2D eigenvalue weighted by Crippen LogP contribution is -2.24. The van der Waals surface area contributed by atoms with Gasteiger partial charge in [-0.3, -0.25) is 0 Å². The second-order valence-electron chi connectivity index (χ2n) is 3.39. The minimum absolute atomic E-state index is 0.178. The Kier molecular flexibility index (Phi) is 4.88. The predicted octanol–water partition coefficient (Wildman–Crippen LogP) is 1.80. The fraction of sp³-hybridized carbons (Fsp3) is 0.250. The summed E-state index contributed by atoms with van der Waals surface area (Å²) in [6.07, 6.45) is 4.42. The van der Waals surface area contributed by atoms with Crippen molar-refractivity contribution in [2.75, 3.05) is 6.54 Å². The van der Waals surface area contributed by atoms with Gasteiger partial charge in [0.2, 0.25) is 10.0 Å². The van der Waals surface area contributed by atoms with Crippen LogP contribution in [-0.4, -0.2) is 15.0 Å². The molecule has 1 aromatic rings. The van der Waals surface area contributed by atoms with Crippen LogP contribution in [-0.2, 0) is 10.0 Å². The maximum absolute atomic E-state index is 11.8. The van der Waals surface area contributed by atoms with Crippen LogP contribution < -0.4 is 4.72 Å². The van der Waals surface area contributed by atoms with Crippen LogP contribution >= 0.6 is 0 Å². The molecule has 0 saturated heterocycles. The van der Waals surface area contributed by atoms with Gasteiger partial charge >= 0.3 is 0 Å². The summed E-state index contributed by atoms with van der Waals surface area (Å²) in [5.41, 5.74) is 0.442. The Morgan fingerprint density at radius 2 is 2.00 bits per heavy atom. The highest BCUT2D eigenvalue weighted by molar-refractivity contribution is 7.89. The van der Waals surface area contributed by atoms with Crippen molar-refractivity contribution in [1.29, 1.82) is 5.26 Å². The molecule has 0 spiro atoms. The van der Waals surface area contributed by atoms with Crippen LogP contribution in [0.4, 0.5) is 0 Å². The molecule has 0 amide bonds. The Morgan fingerprint density at radius 3 is 2.53 bits per heavy atom. The normalized spacial score (nSPS) is 11.5. The molecule has 0 aromatic heterocycles. The molecule has 0 aliphatic rings. The zero-order chi connectivity index (χ0) is 12.7. The van der Waals surface area contributed by atoms with E-state index >= 15 is 0 Å². The average molecular weight is 250 g/mol. The van der Waals surface area contributed by atoms with E-state index in [1.807, 2.05) is 25.1 Å². The van der Waals surface area contributed by atoms with E-state index in [1.54, 1.807) is 0 Å². The molecule has 0 heterocycles. The lowest BCUT2D eigenvalue weighted by atomic mass is 10.2. The Morgan fingerprint density at radius 1 is 1.35 bits per heavy atom. The van der Waals surface area contributed by atoms with Gasteiger partial charge in [-0.15, -0.1) is 0 Å². The average Bonchev–Trinajstić information content (AvgIpc) is 2.35. The highest BCUT2D eigenvalue weighted by atomic mass is 32.2. The molecule has 0 bridgehead atoms. The van der Waals surface area contributed by atoms with Crippen LogP contribution in [0, 0.1) is 11.3 Å². The molecule has 1 rings (SSSR count). The summed E-state index contributed by atoms with van der Waals surface area (Å²) in [4.78, 5) is 0.178. The Labute approximate surface area is 102 Å². The molecule has 0 unspecified atom stereocenters. The Balaban J connectivity index is 2.72. The van der Waals surface area contributed by atoms with Crippen molar-refractivity contribution in [3.8, 4) is 6.07 Å². The van der Waals surface area contributed by atoms with Crippen LogP contribution in [0.5, 0.6) is 0 Å². The third-order valence-corrected chi connectivity index (χ3v) is 3.61. The highest BCUT2D eigenvalue weighted by Crippen LogP contribution is 2.09. The van der Waals surface area contributed by atoms with Crippen molar-refractivity contribution in [3.63, 3.8) is 0 Å². The standard InChI is InChI=1S/C12H14N2O2S/c1-2-3-4-9-14-17(15,16)12-7-5-11(10-13)6-8-12/h2-3,5-8,14H,4,9H2,1H3/b3-2+. The third kappa shape index (κ3) is 4.02. The number of allylic oxidation sites excluding steroid dienone is 1. The maximum Gasteiger partial charge on any atom is 0.240 e. The van der Waals surface area contributed by atoms with Gasteiger partial charge < -0.3 is 0 Å². The number of hydrogen-bond donors (Lipinski definition) is 1. The zero-order valence-electron chi connectivity index (χ0n) is 9.55. The van der Waals surface area contributed by atoms with Crippen molar-refractivity contribution >= 4 is 10.0 Å². The largest absolute Gasteiger partial charge is 0.240 e. The quantitative estimate of drug-likeness (QED) is 0.640. The SMILES string of the molecule is C/C=C/CCNS(=O)(=O)c1ccc(C#N)cc1. The fourth-order valence-electron chi connectivity index (χ4n) is 1.24. The van der Waals surface area contributed by atoms with Crippen LogP contribution in [0.25, 0.3) is 0 Å². The van der Waals surface area contributed by atoms with Crippen LogP contribution in [0.3, 0.4) is 0 Å². The van der Waals surface area contributed by atoms with Gasteiger partial charge in [-0.25, -0.2) is 13.1 Å². The first-order valence-electron chi connectivity index (χ1n) is 5.21. The van der Waals surface area contributed by atoms with E-state index in [4.69, 9.17) is 5.26 Å². The van der Waals surface area contributed by atoms with Gasteiger partial charge in [-0.05, 0) is 37.6 Å². The van der Waals surface area contributed by atoms with Gasteiger partial charge in [-0.2, -0.15) is 5.26 Å². The minimum atomic E-state index is -3.46. The molecule has 5 heteroatoms. The summed E-state index contributed by atoms with van der Waals surface area (Å²) in [6.45, 7) is 2.25. The summed E-state index contributed by atoms with van der Waals surface area (Å²) in [6, 6.07) is 7.77. The number of nitriles is 1. The van der Waals surface area contributed by atoms with Crippen molar-refractivity contribution in [1.82, 2.24) is 4.72 Å². The van der Waals surface area contributed by atoms with E-state index in [0.717, 1.165) is 0 Å². The van der Waals surface area contributed by atoms with Gasteiger partial charge in [0, 0.05) is 6.54 Å². The number of sulfonamides is 1. The number of benzene rings is 1.